The van der Waals surface area contributed by atoms with Gasteiger partial charge in [-0.2, -0.15) is 0 Å². The van der Waals surface area contributed by atoms with Gasteiger partial charge < -0.3 is 15.7 Å². The highest BCUT2D eigenvalue weighted by Crippen LogP contribution is 2.32. The van der Waals surface area contributed by atoms with Gasteiger partial charge in [0.15, 0.2) is 0 Å². The molecule has 6 unspecified atom stereocenters. The standard InChI is InChI=1S/C18H32N6O3/c25-17(13-5-6-15(23-22-13)24-8-7-19-10-24)21-14-9-11-3-1-2-4-12(11)20-16(14)18(26)27/h11-16,19-20,22-23H,1-10H2,(H,21,25)(H,26,27). The maximum Gasteiger partial charge on any atom is 0.322 e. The molecule has 9 heteroatoms. The fourth-order valence-electron chi connectivity index (χ4n) is 5.11. The maximum atomic E-state index is 12.8. The Labute approximate surface area is 160 Å². The molecule has 4 aliphatic rings. The minimum atomic E-state index is -0.874. The fraction of sp³-hybridized carbons (Fsp3) is 0.889. The molecular weight excluding hydrogens is 348 g/mol. The molecule has 0 aromatic rings. The molecule has 9 nitrogen and oxygen atoms in total. The van der Waals surface area contributed by atoms with Crippen LogP contribution < -0.4 is 26.8 Å². The highest BCUT2D eigenvalue weighted by Gasteiger charge is 2.42. The van der Waals surface area contributed by atoms with Crippen LogP contribution in [0.4, 0.5) is 0 Å². The van der Waals surface area contributed by atoms with Crippen LogP contribution in [-0.4, -0.2) is 72.0 Å². The predicted molar refractivity (Wildman–Crippen MR) is 99.5 cm³/mol. The topological polar surface area (TPSA) is 118 Å². The number of piperidine rings is 1. The van der Waals surface area contributed by atoms with E-state index >= 15 is 0 Å². The third kappa shape index (κ3) is 4.27. The van der Waals surface area contributed by atoms with Gasteiger partial charge >= 0.3 is 5.97 Å². The van der Waals surface area contributed by atoms with E-state index in [1.165, 1.54) is 6.42 Å². The van der Waals surface area contributed by atoms with Gasteiger partial charge in [0.25, 0.3) is 0 Å². The van der Waals surface area contributed by atoms with Crippen molar-refractivity contribution < 1.29 is 14.7 Å². The van der Waals surface area contributed by atoms with Crippen molar-refractivity contribution in [3.05, 3.63) is 0 Å². The molecule has 27 heavy (non-hydrogen) atoms. The Balaban J connectivity index is 1.31. The summed E-state index contributed by atoms with van der Waals surface area (Å²) >= 11 is 0. The largest absolute Gasteiger partial charge is 0.480 e. The monoisotopic (exact) mass is 380 g/mol. The molecule has 3 saturated heterocycles. The summed E-state index contributed by atoms with van der Waals surface area (Å²) in [5, 5.41) is 19.3. The van der Waals surface area contributed by atoms with Gasteiger partial charge in [-0.3, -0.25) is 19.8 Å². The van der Waals surface area contributed by atoms with Crippen molar-refractivity contribution in [1.82, 2.24) is 31.7 Å². The molecular formula is C18H32N6O3. The minimum Gasteiger partial charge on any atom is -0.480 e. The van der Waals surface area contributed by atoms with E-state index in [1.807, 2.05) is 0 Å². The third-order valence-electron chi connectivity index (χ3n) is 6.66. The maximum absolute atomic E-state index is 12.8. The molecule has 0 bridgehead atoms. The molecule has 6 atom stereocenters. The van der Waals surface area contributed by atoms with Crippen LogP contribution in [0, 0.1) is 5.92 Å². The van der Waals surface area contributed by atoms with Crippen LogP contribution in [0.1, 0.15) is 44.9 Å². The molecule has 1 aliphatic carbocycles. The summed E-state index contributed by atoms with van der Waals surface area (Å²) in [4.78, 5) is 26.8. The Morgan fingerprint density at radius 2 is 1.93 bits per heavy atom. The van der Waals surface area contributed by atoms with E-state index in [4.69, 9.17) is 0 Å². The van der Waals surface area contributed by atoms with Crippen LogP contribution in [0.15, 0.2) is 0 Å². The van der Waals surface area contributed by atoms with Crippen molar-refractivity contribution in [2.75, 3.05) is 19.8 Å². The van der Waals surface area contributed by atoms with Crippen LogP contribution in [-0.2, 0) is 9.59 Å². The van der Waals surface area contributed by atoms with E-state index in [0.717, 1.165) is 58.3 Å². The van der Waals surface area contributed by atoms with Crippen molar-refractivity contribution in [2.45, 2.75) is 75.3 Å². The van der Waals surface area contributed by atoms with E-state index in [0.29, 0.717) is 5.92 Å². The number of rotatable bonds is 4. The molecule has 1 saturated carbocycles. The molecule has 3 heterocycles. The molecule has 4 rings (SSSR count). The SMILES string of the molecule is O=C(NC1CC2CCCCC2NC1C(=O)O)C1CCC(N2CCNC2)NN1. The summed E-state index contributed by atoms with van der Waals surface area (Å²) in [5.74, 6) is -0.516. The second-order valence-corrected chi connectivity index (χ2v) is 8.39. The highest BCUT2D eigenvalue weighted by atomic mass is 16.4. The Morgan fingerprint density at radius 1 is 1.07 bits per heavy atom. The Kier molecular flexibility index (Phi) is 5.93. The van der Waals surface area contributed by atoms with Crippen molar-refractivity contribution >= 4 is 11.9 Å². The molecule has 0 aromatic carbocycles. The molecule has 152 valence electrons. The average Bonchev–Trinajstić information content (AvgIpc) is 3.22. The molecule has 0 radical (unpaired) electrons. The van der Waals surface area contributed by atoms with Crippen LogP contribution in [0.2, 0.25) is 0 Å². The van der Waals surface area contributed by atoms with Gasteiger partial charge in [0, 0.05) is 25.8 Å². The second kappa shape index (κ2) is 8.40. The molecule has 0 spiro atoms. The number of fused-ring (bicyclic) bond motifs is 1. The van der Waals surface area contributed by atoms with E-state index in [-0.39, 0.29) is 30.2 Å². The van der Waals surface area contributed by atoms with Crippen molar-refractivity contribution in [2.24, 2.45) is 5.92 Å². The van der Waals surface area contributed by atoms with Crippen LogP contribution in [0.5, 0.6) is 0 Å². The van der Waals surface area contributed by atoms with Crippen molar-refractivity contribution in [3.8, 4) is 0 Å². The van der Waals surface area contributed by atoms with E-state index in [9.17, 15) is 14.7 Å². The first-order valence-electron chi connectivity index (χ1n) is 10.4. The van der Waals surface area contributed by atoms with Gasteiger partial charge in [-0.15, -0.1) is 0 Å². The lowest BCUT2D eigenvalue weighted by Crippen LogP contribution is -2.66. The number of hydrazine groups is 1. The van der Waals surface area contributed by atoms with Crippen LogP contribution >= 0.6 is 0 Å². The number of carbonyl (C=O) groups excluding carboxylic acids is 1. The average molecular weight is 380 g/mol. The number of nitrogens with one attached hydrogen (secondary N) is 5. The first-order valence-corrected chi connectivity index (χ1v) is 10.4. The summed E-state index contributed by atoms with van der Waals surface area (Å²) < 4.78 is 0. The molecule has 4 fully saturated rings. The smallest absolute Gasteiger partial charge is 0.322 e. The van der Waals surface area contributed by atoms with E-state index in [1.54, 1.807) is 0 Å². The van der Waals surface area contributed by atoms with Gasteiger partial charge in [0.1, 0.15) is 12.1 Å². The van der Waals surface area contributed by atoms with Crippen molar-refractivity contribution in [3.63, 3.8) is 0 Å². The lowest BCUT2D eigenvalue weighted by Gasteiger charge is -2.44. The van der Waals surface area contributed by atoms with Gasteiger partial charge in [-0.05, 0) is 38.0 Å². The predicted octanol–water partition coefficient (Wildman–Crippen LogP) is -1.08. The second-order valence-electron chi connectivity index (χ2n) is 8.39. The van der Waals surface area contributed by atoms with E-state index < -0.39 is 12.0 Å². The molecule has 0 aromatic heterocycles. The Hall–Kier alpha value is -1.26. The zero-order valence-electron chi connectivity index (χ0n) is 15.7. The normalized spacial score (nSPS) is 40.3. The number of hydrogen-bond donors (Lipinski definition) is 6. The fourth-order valence-corrected chi connectivity index (χ4v) is 5.11. The molecule has 3 aliphatic heterocycles. The summed E-state index contributed by atoms with van der Waals surface area (Å²) in [7, 11) is 0. The minimum absolute atomic E-state index is 0.104. The first-order chi connectivity index (χ1) is 13.1. The Bertz CT molecular complexity index is 547. The number of amides is 1. The lowest BCUT2D eigenvalue weighted by molar-refractivity contribution is -0.142. The summed E-state index contributed by atoms with van der Waals surface area (Å²) in [6, 6.07) is -1.10. The van der Waals surface area contributed by atoms with Gasteiger partial charge in [-0.25, -0.2) is 10.9 Å². The third-order valence-corrected chi connectivity index (χ3v) is 6.66. The zero-order chi connectivity index (χ0) is 18.8. The quantitative estimate of drug-likeness (QED) is 0.365. The highest BCUT2D eigenvalue weighted by molar-refractivity contribution is 5.83. The van der Waals surface area contributed by atoms with Gasteiger partial charge in [0.05, 0.1) is 12.2 Å². The number of carbonyl (C=O) groups is 2. The Morgan fingerprint density at radius 3 is 2.63 bits per heavy atom. The zero-order valence-corrected chi connectivity index (χ0v) is 15.7. The molecule has 6 N–H and O–H groups in total. The van der Waals surface area contributed by atoms with E-state index in [2.05, 4.69) is 31.7 Å². The summed E-state index contributed by atoms with van der Waals surface area (Å²) in [6.45, 7) is 2.87. The molecule has 1 amide bonds. The van der Waals surface area contributed by atoms with Crippen LogP contribution in [0.3, 0.4) is 0 Å². The summed E-state index contributed by atoms with van der Waals surface area (Å²) in [5.41, 5.74) is 6.39. The number of nitrogens with zero attached hydrogens (tertiary/aromatic N) is 1. The number of carboxylic acids is 1. The van der Waals surface area contributed by atoms with Crippen LogP contribution in [0.25, 0.3) is 0 Å². The lowest BCUT2D eigenvalue weighted by atomic mass is 9.75. The number of carboxylic acid groups (broad SMARTS) is 1. The number of hydrogen-bond acceptors (Lipinski definition) is 7. The van der Waals surface area contributed by atoms with Crippen molar-refractivity contribution in [1.29, 1.82) is 0 Å². The van der Waals surface area contributed by atoms with Gasteiger partial charge in [-0.1, -0.05) is 12.8 Å². The first kappa shape index (κ1) is 19.1. The number of aliphatic carboxylic acids is 1. The summed E-state index contributed by atoms with van der Waals surface area (Å²) in [6.07, 6.45) is 7.12. The van der Waals surface area contributed by atoms with Gasteiger partial charge in [0.2, 0.25) is 5.91 Å².